The highest BCUT2D eigenvalue weighted by Crippen LogP contribution is 2.43. The highest BCUT2D eigenvalue weighted by Gasteiger charge is 2.43. The van der Waals surface area contributed by atoms with Crippen molar-refractivity contribution in [3.05, 3.63) is 27.7 Å². The number of aliphatic imine (C=N–C) groups is 2. The van der Waals surface area contributed by atoms with Crippen molar-refractivity contribution in [2.75, 3.05) is 4.90 Å². The molecule has 1 fully saturated rings. The molecule has 1 aliphatic carbocycles. The first-order valence-electron chi connectivity index (χ1n) is 7.56. The number of rotatable bonds is 2. The molecule has 3 rings (SSSR count). The van der Waals surface area contributed by atoms with E-state index >= 15 is 0 Å². The lowest BCUT2D eigenvalue weighted by molar-refractivity contribution is 0.0697. The second kappa shape index (κ2) is 6.14. The first-order valence-corrected chi connectivity index (χ1v) is 8.32. The van der Waals surface area contributed by atoms with Crippen LogP contribution in [0, 0.1) is 0 Å². The predicted molar refractivity (Wildman–Crippen MR) is 95.0 cm³/mol. The lowest BCUT2D eigenvalue weighted by Gasteiger charge is -2.46. The molecule has 5 N–H and O–H groups in total. The number of carbonyl (C=O) groups is 1. The summed E-state index contributed by atoms with van der Waals surface area (Å²) in [6, 6.07) is 2.74. The van der Waals surface area contributed by atoms with Crippen molar-refractivity contribution in [2.24, 2.45) is 21.5 Å². The van der Waals surface area contributed by atoms with E-state index in [0.717, 1.165) is 32.1 Å². The summed E-state index contributed by atoms with van der Waals surface area (Å²) in [5.41, 5.74) is 11.6. The monoisotopic (exact) mass is 369 g/mol. The molecule has 1 aromatic rings. The third-order valence-electron chi connectivity index (χ3n) is 4.35. The molecule has 0 radical (unpaired) electrons. The number of guanidine groups is 2. The van der Waals surface area contributed by atoms with E-state index in [2.05, 4.69) is 9.98 Å². The third kappa shape index (κ3) is 2.78. The molecular weight excluding hydrogens is 353 g/mol. The molecular formula is C15H17Cl2N5O2. The third-order valence-corrected chi connectivity index (χ3v) is 5.14. The van der Waals surface area contributed by atoms with Crippen molar-refractivity contribution in [1.29, 1.82) is 0 Å². The van der Waals surface area contributed by atoms with Crippen molar-refractivity contribution in [3.63, 3.8) is 0 Å². The summed E-state index contributed by atoms with van der Waals surface area (Å²) in [6.07, 6.45) is 4.42. The number of hydrogen-bond acceptors (Lipinski definition) is 6. The lowest BCUT2D eigenvalue weighted by Crippen LogP contribution is -2.58. The van der Waals surface area contributed by atoms with Crippen LogP contribution in [0.2, 0.25) is 10.0 Å². The van der Waals surface area contributed by atoms with Crippen LogP contribution in [0.15, 0.2) is 22.1 Å². The summed E-state index contributed by atoms with van der Waals surface area (Å²) in [7, 11) is 0. The number of benzene rings is 1. The molecule has 0 atom stereocenters. The molecule has 1 aromatic carbocycles. The van der Waals surface area contributed by atoms with Crippen LogP contribution in [0.4, 0.5) is 5.69 Å². The minimum atomic E-state index is -1.11. The minimum Gasteiger partial charge on any atom is -0.478 e. The van der Waals surface area contributed by atoms with Gasteiger partial charge < -0.3 is 16.6 Å². The second-order valence-corrected chi connectivity index (χ2v) is 6.70. The molecule has 7 nitrogen and oxygen atoms in total. The fourth-order valence-corrected chi connectivity index (χ4v) is 3.74. The van der Waals surface area contributed by atoms with Gasteiger partial charge in [-0.2, -0.15) is 4.99 Å². The Balaban J connectivity index is 2.19. The quantitative estimate of drug-likeness (QED) is 0.740. The lowest BCUT2D eigenvalue weighted by atomic mass is 9.87. The van der Waals surface area contributed by atoms with Gasteiger partial charge in [0, 0.05) is 0 Å². The number of carboxylic acid groups (broad SMARTS) is 1. The van der Waals surface area contributed by atoms with E-state index in [1.54, 1.807) is 4.90 Å². The van der Waals surface area contributed by atoms with Crippen molar-refractivity contribution >= 4 is 46.8 Å². The maximum absolute atomic E-state index is 11.4. The second-order valence-electron chi connectivity index (χ2n) is 5.91. The van der Waals surface area contributed by atoms with E-state index in [0.29, 0.717) is 5.69 Å². The summed E-state index contributed by atoms with van der Waals surface area (Å²) >= 11 is 12.5. The fourth-order valence-electron chi connectivity index (χ4n) is 3.33. The molecule has 1 spiro atoms. The van der Waals surface area contributed by atoms with Crippen LogP contribution in [0.5, 0.6) is 0 Å². The van der Waals surface area contributed by atoms with E-state index in [4.69, 9.17) is 34.7 Å². The van der Waals surface area contributed by atoms with Gasteiger partial charge in [0.2, 0.25) is 11.9 Å². The maximum Gasteiger partial charge on any atom is 0.335 e. The van der Waals surface area contributed by atoms with Gasteiger partial charge in [0.1, 0.15) is 5.66 Å². The molecule has 2 aliphatic rings. The number of hydrogen-bond donors (Lipinski definition) is 3. The molecule has 9 heteroatoms. The Morgan fingerprint density at radius 2 is 1.88 bits per heavy atom. The summed E-state index contributed by atoms with van der Waals surface area (Å²) in [5.74, 6) is -0.866. The van der Waals surface area contributed by atoms with Crippen molar-refractivity contribution < 1.29 is 9.90 Å². The molecule has 0 aromatic heterocycles. The normalized spacial score (nSPS) is 19.8. The van der Waals surface area contributed by atoms with Crippen molar-refractivity contribution in [1.82, 2.24) is 0 Å². The zero-order chi connectivity index (χ0) is 17.5. The molecule has 0 saturated heterocycles. The van der Waals surface area contributed by atoms with Crippen LogP contribution in [0.3, 0.4) is 0 Å². The molecule has 0 bridgehead atoms. The molecule has 1 heterocycles. The Morgan fingerprint density at radius 3 is 2.50 bits per heavy atom. The Bertz CT molecular complexity index is 756. The first kappa shape index (κ1) is 16.9. The average molecular weight is 370 g/mol. The van der Waals surface area contributed by atoms with E-state index in [1.165, 1.54) is 12.1 Å². The van der Waals surface area contributed by atoms with Crippen molar-refractivity contribution in [3.8, 4) is 0 Å². The molecule has 1 saturated carbocycles. The van der Waals surface area contributed by atoms with Crippen molar-refractivity contribution in [2.45, 2.75) is 37.8 Å². The van der Waals surface area contributed by atoms with E-state index in [9.17, 15) is 9.90 Å². The topological polar surface area (TPSA) is 117 Å². The Morgan fingerprint density at radius 1 is 1.21 bits per heavy atom. The summed E-state index contributed by atoms with van der Waals surface area (Å²) in [4.78, 5) is 21.6. The highest BCUT2D eigenvalue weighted by molar-refractivity contribution is 6.44. The number of anilines is 1. The molecule has 24 heavy (non-hydrogen) atoms. The fraction of sp³-hybridized carbons (Fsp3) is 0.400. The van der Waals surface area contributed by atoms with Gasteiger partial charge in [-0.05, 0) is 37.8 Å². The zero-order valence-electron chi connectivity index (χ0n) is 12.8. The minimum absolute atomic E-state index is 0.0145. The van der Waals surface area contributed by atoms with Crippen LogP contribution in [0.1, 0.15) is 42.5 Å². The standard InChI is InChI=1S/C15H17Cl2N5O2/c16-9-6-8(12(23)24)7-10(11(9)17)22-14(19)20-13(18)21-15(22)4-2-1-3-5-15/h6-7H,1-5H2,(H,23,24)(H4,18,19,20,21). The van der Waals surface area contributed by atoms with Gasteiger partial charge in [-0.3, -0.25) is 4.90 Å². The molecule has 1 aliphatic heterocycles. The molecule has 0 unspecified atom stereocenters. The van der Waals surface area contributed by atoms with Crippen LogP contribution in [-0.4, -0.2) is 28.7 Å². The van der Waals surface area contributed by atoms with E-state index in [1.807, 2.05) is 0 Å². The van der Waals surface area contributed by atoms with Gasteiger partial charge in [-0.1, -0.05) is 29.6 Å². The van der Waals surface area contributed by atoms with E-state index in [-0.39, 0.29) is 27.5 Å². The average Bonchev–Trinajstić information content (AvgIpc) is 2.51. The first-order chi connectivity index (χ1) is 11.3. The Hall–Kier alpha value is -1.99. The van der Waals surface area contributed by atoms with Gasteiger partial charge in [0.15, 0.2) is 0 Å². The van der Waals surface area contributed by atoms with Crippen LogP contribution >= 0.6 is 23.2 Å². The number of nitrogens with zero attached hydrogens (tertiary/aromatic N) is 3. The van der Waals surface area contributed by atoms with E-state index < -0.39 is 11.6 Å². The zero-order valence-corrected chi connectivity index (χ0v) is 14.3. The van der Waals surface area contributed by atoms with Crippen LogP contribution in [-0.2, 0) is 0 Å². The summed E-state index contributed by atoms with van der Waals surface area (Å²) in [5, 5.41) is 9.64. The van der Waals surface area contributed by atoms with Gasteiger partial charge >= 0.3 is 5.97 Å². The number of aromatic carboxylic acids is 1. The van der Waals surface area contributed by atoms with Gasteiger partial charge in [-0.15, -0.1) is 0 Å². The van der Waals surface area contributed by atoms with Gasteiger partial charge in [-0.25, -0.2) is 9.79 Å². The van der Waals surface area contributed by atoms with Gasteiger partial charge in [0.25, 0.3) is 0 Å². The molecule has 128 valence electrons. The predicted octanol–water partition coefficient (Wildman–Crippen LogP) is 2.80. The maximum atomic E-state index is 11.4. The highest BCUT2D eigenvalue weighted by atomic mass is 35.5. The largest absolute Gasteiger partial charge is 0.478 e. The Labute approximate surface area is 148 Å². The number of carboxylic acids is 1. The SMILES string of the molecule is NC1=NC2(CCCCC2)N(c2cc(C(=O)O)cc(Cl)c2Cl)C(N)=N1. The summed E-state index contributed by atoms with van der Waals surface area (Å²) < 4.78 is 0. The van der Waals surface area contributed by atoms with Crippen LogP contribution < -0.4 is 16.4 Å². The smallest absolute Gasteiger partial charge is 0.335 e. The number of halogens is 2. The Kier molecular flexibility index (Phi) is 4.31. The van der Waals surface area contributed by atoms with Gasteiger partial charge in [0.05, 0.1) is 21.3 Å². The molecule has 0 amide bonds. The van der Waals surface area contributed by atoms with Crippen LogP contribution in [0.25, 0.3) is 0 Å². The number of nitrogens with two attached hydrogens (primary N) is 2. The summed E-state index contributed by atoms with van der Waals surface area (Å²) in [6.45, 7) is 0.